The van der Waals surface area contributed by atoms with Gasteiger partial charge >= 0.3 is 12.2 Å². The topological polar surface area (TPSA) is 66.3 Å². The van der Waals surface area contributed by atoms with E-state index in [2.05, 4.69) is 10.6 Å². The van der Waals surface area contributed by atoms with E-state index in [9.17, 15) is 23.1 Å². The molecule has 0 saturated carbocycles. The van der Waals surface area contributed by atoms with Crippen LogP contribution in [0.4, 0.5) is 23.7 Å². The van der Waals surface area contributed by atoms with Crippen molar-refractivity contribution in [3.05, 3.63) is 65.9 Å². The number of aliphatic hydroxyl groups is 1. The SMILES string of the molecule is Cn1ccc2cc(C(O)CNC(=O)Nc3ccc(C(F)(F)F)cc3)ccc21. The maximum absolute atomic E-state index is 12.5. The molecule has 27 heavy (non-hydrogen) atoms. The van der Waals surface area contributed by atoms with Crippen LogP contribution in [-0.2, 0) is 13.2 Å². The number of nitrogens with zero attached hydrogens (tertiary/aromatic N) is 1. The Bertz CT molecular complexity index is 949. The molecule has 0 aliphatic rings. The van der Waals surface area contributed by atoms with Crippen LogP contribution in [0.2, 0.25) is 0 Å². The van der Waals surface area contributed by atoms with Gasteiger partial charge in [-0.3, -0.25) is 0 Å². The zero-order valence-electron chi connectivity index (χ0n) is 14.4. The second-order valence-corrected chi connectivity index (χ2v) is 6.17. The van der Waals surface area contributed by atoms with E-state index in [1.54, 1.807) is 6.07 Å². The Kier molecular flexibility index (Phi) is 5.09. The number of urea groups is 1. The molecule has 5 nitrogen and oxygen atoms in total. The number of nitrogens with one attached hydrogen (secondary N) is 2. The summed E-state index contributed by atoms with van der Waals surface area (Å²) >= 11 is 0. The first-order valence-electron chi connectivity index (χ1n) is 8.19. The molecule has 3 rings (SSSR count). The lowest BCUT2D eigenvalue weighted by atomic mass is 10.1. The summed E-state index contributed by atoms with van der Waals surface area (Å²) in [5.41, 5.74) is 1.11. The van der Waals surface area contributed by atoms with Crippen molar-refractivity contribution in [1.82, 2.24) is 9.88 Å². The summed E-state index contributed by atoms with van der Waals surface area (Å²) in [6.45, 7) is -0.0369. The lowest BCUT2D eigenvalue weighted by Crippen LogP contribution is -2.32. The highest BCUT2D eigenvalue weighted by Crippen LogP contribution is 2.29. The number of carbonyl (C=O) groups is 1. The van der Waals surface area contributed by atoms with Gasteiger partial charge in [0.05, 0.1) is 11.7 Å². The first kappa shape index (κ1) is 18.8. The molecule has 0 bridgehead atoms. The van der Waals surface area contributed by atoms with E-state index < -0.39 is 23.9 Å². The first-order valence-corrected chi connectivity index (χ1v) is 8.19. The highest BCUT2D eigenvalue weighted by molar-refractivity contribution is 5.89. The van der Waals surface area contributed by atoms with Crippen LogP contribution in [0.1, 0.15) is 17.2 Å². The normalized spacial score (nSPS) is 12.8. The number of amides is 2. The van der Waals surface area contributed by atoms with Gasteiger partial charge in [-0.2, -0.15) is 13.2 Å². The summed E-state index contributed by atoms with van der Waals surface area (Å²) in [5, 5.41) is 16.2. The Hall–Kier alpha value is -3.00. The summed E-state index contributed by atoms with van der Waals surface area (Å²) in [6.07, 6.45) is -3.42. The standard InChI is InChI=1S/C19H18F3N3O2/c1-25-9-8-12-10-13(2-7-16(12)25)17(26)11-23-18(27)24-15-5-3-14(4-6-15)19(20,21)22/h2-10,17,26H,11H2,1H3,(H2,23,24,27). The quantitative estimate of drug-likeness (QED) is 0.642. The van der Waals surface area contributed by atoms with E-state index in [0.717, 1.165) is 23.0 Å². The third-order valence-electron chi connectivity index (χ3n) is 4.22. The smallest absolute Gasteiger partial charge is 0.387 e. The molecule has 2 amide bonds. The van der Waals surface area contributed by atoms with Crippen LogP contribution in [-0.4, -0.2) is 22.2 Å². The number of aliphatic hydroxyl groups excluding tert-OH is 1. The third kappa shape index (κ3) is 4.40. The van der Waals surface area contributed by atoms with Gasteiger partial charge in [0.2, 0.25) is 0 Å². The molecule has 0 fully saturated rings. The summed E-state index contributed by atoms with van der Waals surface area (Å²) in [4.78, 5) is 11.9. The number of rotatable bonds is 4. The van der Waals surface area contributed by atoms with E-state index in [4.69, 9.17) is 0 Å². The number of anilines is 1. The van der Waals surface area contributed by atoms with E-state index in [1.165, 1.54) is 12.1 Å². The van der Waals surface area contributed by atoms with E-state index in [-0.39, 0.29) is 12.2 Å². The Morgan fingerprint density at radius 1 is 1.15 bits per heavy atom. The molecule has 3 N–H and O–H groups in total. The number of alkyl halides is 3. The Morgan fingerprint density at radius 2 is 1.85 bits per heavy atom. The lowest BCUT2D eigenvalue weighted by molar-refractivity contribution is -0.137. The van der Waals surface area contributed by atoms with Gasteiger partial charge in [-0.05, 0) is 53.4 Å². The summed E-state index contributed by atoms with van der Waals surface area (Å²) in [7, 11) is 1.92. The highest BCUT2D eigenvalue weighted by Gasteiger charge is 2.29. The Labute approximate surface area is 153 Å². The first-order chi connectivity index (χ1) is 12.7. The minimum atomic E-state index is -4.43. The van der Waals surface area contributed by atoms with Crippen LogP contribution < -0.4 is 10.6 Å². The van der Waals surface area contributed by atoms with Crippen molar-refractivity contribution < 1.29 is 23.1 Å². The van der Waals surface area contributed by atoms with Crippen molar-refractivity contribution in [3.63, 3.8) is 0 Å². The predicted molar refractivity (Wildman–Crippen MR) is 96.3 cm³/mol. The van der Waals surface area contributed by atoms with Gasteiger partial charge in [-0.15, -0.1) is 0 Å². The largest absolute Gasteiger partial charge is 0.416 e. The van der Waals surface area contributed by atoms with E-state index in [0.29, 0.717) is 5.56 Å². The number of fused-ring (bicyclic) bond motifs is 1. The second-order valence-electron chi connectivity index (χ2n) is 6.17. The van der Waals surface area contributed by atoms with Crippen LogP contribution in [0.3, 0.4) is 0 Å². The predicted octanol–water partition coefficient (Wildman–Crippen LogP) is 4.05. The molecule has 3 aromatic rings. The number of benzene rings is 2. The molecule has 1 unspecified atom stereocenters. The van der Waals surface area contributed by atoms with Crippen molar-refractivity contribution >= 4 is 22.6 Å². The average Bonchev–Trinajstić information content (AvgIpc) is 3.00. The van der Waals surface area contributed by atoms with Gasteiger partial charge < -0.3 is 20.3 Å². The van der Waals surface area contributed by atoms with Gasteiger partial charge in [0.1, 0.15) is 0 Å². The molecule has 0 aliphatic heterocycles. The maximum Gasteiger partial charge on any atom is 0.416 e. The molecule has 0 aliphatic carbocycles. The Balaban J connectivity index is 1.56. The van der Waals surface area contributed by atoms with E-state index in [1.807, 2.05) is 36.0 Å². The van der Waals surface area contributed by atoms with Crippen molar-refractivity contribution in [2.45, 2.75) is 12.3 Å². The monoisotopic (exact) mass is 377 g/mol. The molecule has 2 aromatic carbocycles. The number of halogens is 3. The summed E-state index contributed by atoms with van der Waals surface area (Å²) in [5.74, 6) is 0. The minimum Gasteiger partial charge on any atom is -0.387 e. The fraction of sp³-hybridized carbons (Fsp3) is 0.211. The van der Waals surface area contributed by atoms with Crippen LogP contribution in [0, 0.1) is 0 Å². The van der Waals surface area contributed by atoms with Crippen molar-refractivity contribution in [2.75, 3.05) is 11.9 Å². The zero-order valence-corrected chi connectivity index (χ0v) is 14.4. The molecule has 0 spiro atoms. The van der Waals surface area contributed by atoms with Crippen molar-refractivity contribution in [3.8, 4) is 0 Å². The highest BCUT2D eigenvalue weighted by atomic mass is 19.4. The maximum atomic E-state index is 12.5. The zero-order chi connectivity index (χ0) is 19.6. The molecule has 0 saturated heterocycles. The number of aryl methyl sites for hydroxylation is 1. The molecule has 1 atom stereocenters. The second kappa shape index (κ2) is 7.32. The Morgan fingerprint density at radius 3 is 2.52 bits per heavy atom. The van der Waals surface area contributed by atoms with Gasteiger partial charge in [0.15, 0.2) is 0 Å². The third-order valence-corrected chi connectivity index (χ3v) is 4.22. The molecule has 0 radical (unpaired) electrons. The fourth-order valence-electron chi connectivity index (χ4n) is 2.73. The molecular weight excluding hydrogens is 359 g/mol. The number of hydrogen-bond acceptors (Lipinski definition) is 2. The van der Waals surface area contributed by atoms with Gasteiger partial charge in [-0.1, -0.05) is 6.07 Å². The lowest BCUT2D eigenvalue weighted by Gasteiger charge is -2.14. The van der Waals surface area contributed by atoms with Crippen molar-refractivity contribution in [1.29, 1.82) is 0 Å². The number of aromatic nitrogens is 1. The average molecular weight is 377 g/mol. The minimum absolute atomic E-state index is 0.0369. The van der Waals surface area contributed by atoms with Gasteiger partial charge in [0.25, 0.3) is 0 Å². The van der Waals surface area contributed by atoms with E-state index >= 15 is 0 Å². The van der Waals surface area contributed by atoms with Crippen molar-refractivity contribution in [2.24, 2.45) is 7.05 Å². The molecule has 1 aromatic heterocycles. The van der Waals surface area contributed by atoms with Crippen LogP contribution in [0.25, 0.3) is 10.9 Å². The molecular formula is C19H18F3N3O2. The summed E-state index contributed by atoms with van der Waals surface area (Å²) in [6, 6.07) is 10.9. The fourth-order valence-corrected chi connectivity index (χ4v) is 2.73. The van der Waals surface area contributed by atoms with Gasteiger partial charge in [0, 0.05) is 31.0 Å². The van der Waals surface area contributed by atoms with Crippen LogP contribution in [0.15, 0.2) is 54.7 Å². The summed E-state index contributed by atoms with van der Waals surface area (Å²) < 4.78 is 39.5. The molecule has 142 valence electrons. The molecule has 1 heterocycles. The van der Waals surface area contributed by atoms with Gasteiger partial charge in [-0.25, -0.2) is 4.79 Å². The van der Waals surface area contributed by atoms with Crippen LogP contribution in [0.5, 0.6) is 0 Å². The number of carbonyl (C=O) groups excluding carboxylic acids is 1. The molecule has 8 heteroatoms. The van der Waals surface area contributed by atoms with Crippen LogP contribution >= 0.6 is 0 Å². The number of hydrogen-bond donors (Lipinski definition) is 3.